The number of pyridine rings is 1. The third-order valence-electron chi connectivity index (χ3n) is 4.42. The molecule has 2 aromatic heterocycles. The zero-order valence-corrected chi connectivity index (χ0v) is 15.7. The van der Waals surface area contributed by atoms with Gasteiger partial charge in [-0.05, 0) is 49.4 Å². The quantitative estimate of drug-likeness (QED) is 0.825. The average Bonchev–Trinajstić information content (AvgIpc) is 3.24. The number of amides is 2. The molecule has 0 spiro atoms. The van der Waals surface area contributed by atoms with Gasteiger partial charge >= 0.3 is 6.03 Å². The molecule has 0 saturated carbocycles. The van der Waals surface area contributed by atoms with Crippen molar-refractivity contribution in [2.75, 3.05) is 20.3 Å². The van der Waals surface area contributed by atoms with Crippen LogP contribution < -0.4 is 5.32 Å². The van der Waals surface area contributed by atoms with Crippen LogP contribution in [0.15, 0.2) is 24.4 Å². The summed E-state index contributed by atoms with van der Waals surface area (Å²) in [7, 11) is 1.65. The van der Waals surface area contributed by atoms with Crippen LogP contribution in [0.25, 0.3) is 0 Å². The molecular formula is C19H25N3O2S. The molecule has 3 rings (SSSR count). The Bertz CT molecular complexity index is 729. The number of nitrogens with zero attached hydrogens (tertiary/aromatic N) is 2. The standard InChI is InChI=1S/C19H25N3O2S/c1-14-6-7-17(25-14)13-22(8-9-24-2)19(23)21-12-15-10-16-4-3-5-18(16)20-11-15/h6-7,10-11H,3-5,8-9,12-13H2,1-2H3,(H,21,23). The summed E-state index contributed by atoms with van der Waals surface area (Å²) >= 11 is 1.72. The van der Waals surface area contributed by atoms with Crippen LogP contribution in [0, 0.1) is 6.92 Å². The van der Waals surface area contributed by atoms with E-state index in [-0.39, 0.29) is 6.03 Å². The first-order valence-corrected chi connectivity index (χ1v) is 9.51. The van der Waals surface area contributed by atoms with E-state index in [2.05, 4.69) is 35.4 Å². The van der Waals surface area contributed by atoms with E-state index in [1.54, 1.807) is 23.3 Å². The minimum Gasteiger partial charge on any atom is -0.383 e. The Labute approximate surface area is 153 Å². The van der Waals surface area contributed by atoms with Gasteiger partial charge in [0.15, 0.2) is 0 Å². The topological polar surface area (TPSA) is 54.5 Å². The van der Waals surface area contributed by atoms with E-state index in [0.29, 0.717) is 26.2 Å². The van der Waals surface area contributed by atoms with Gasteiger partial charge in [-0.25, -0.2) is 4.79 Å². The van der Waals surface area contributed by atoms with Crippen molar-refractivity contribution in [3.8, 4) is 0 Å². The van der Waals surface area contributed by atoms with Crippen LogP contribution in [0.3, 0.4) is 0 Å². The highest BCUT2D eigenvalue weighted by Crippen LogP contribution is 2.20. The number of urea groups is 1. The molecule has 0 fully saturated rings. The summed E-state index contributed by atoms with van der Waals surface area (Å²) in [6.45, 7) is 4.29. The first-order valence-electron chi connectivity index (χ1n) is 8.69. The van der Waals surface area contributed by atoms with E-state index in [0.717, 1.165) is 18.4 Å². The molecular weight excluding hydrogens is 334 g/mol. The molecule has 1 N–H and O–H groups in total. The molecule has 134 valence electrons. The van der Waals surface area contributed by atoms with Crippen LogP contribution in [0.5, 0.6) is 0 Å². The Morgan fingerprint density at radius 2 is 2.28 bits per heavy atom. The van der Waals surface area contributed by atoms with Crippen molar-refractivity contribution in [2.24, 2.45) is 0 Å². The van der Waals surface area contributed by atoms with Gasteiger partial charge in [-0.1, -0.05) is 6.07 Å². The second-order valence-corrected chi connectivity index (χ2v) is 7.76. The lowest BCUT2D eigenvalue weighted by molar-refractivity contribution is 0.146. The fraction of sp³-hybridized carbons (Fsp3) is 0.474. The van der Waals surface area contributed by atoms with Gasteiger partial charge in [-0.2, -0.15) is 0 Å². The van der Waals surface area contributed by atoms with E-state index >= 15 is 0 Å². The van der Waals surface area contributed by atoms with E-state index in [4.69, 9.17) is 4.74 Å². The molecule has 0 atom stereocenters. The zero-order chi connectivity index (χ0) is 17.6. The Morgan fingerprint density at radius 3 is 3.04 bits per heavy atom. The van der Waals surface area contributed by atoms with Crippen LogP contribution in [0.2, 0.25) is 0 Å². The SMILES string of the molecule is COCCN(Cc1ccc(C)s1)C(=O)NCc1cnc2c(c1)CCC2. The highest BCUT2D eigenvalue weighted by Gasteiger charge is 2.16. The number of fused-ring (bicyclic) bond motifs is 1. The number of aromatic nitrogens is 1. The molecule has 0 unspecified atom stereocenters. The average molecular weight is 359 g/mol. The molecule has 2 amide bonds. The lowest BCUT2D eigenvalue weighted by Crippen LogP contribution is -2.40. The maximum absolute atomic E-state index is 12.6. The number of ether oxygens (including phenoxy) is 1. The highest BCUT2D eigenvalue weighted by atomic mass is 32.1. The lowest BCUT2D eigenvalue weighted by Gasteiger charge is -2.22. The van der Waals surface area contributed by atoms with Crippen molar-refractivity contribution >= 4 is 17.4 Å². The van der Waals surface area contributed by atoms with E-state index in [9.17, 15) is 4.79 Å². The Kier molecular flexibility index (Phi) is 6.04. The molecule has 2 heterocycles. The number of carbonyl (C=O) groups excluding carboxylic acids is 1. The van der Waals surface area contributed by atoms with E-state index in [1.165, 1.54) is 27.4 Å². The van der Waals surface area contributed by atoms with Gasteiger partial charge in [-0.15, -0.1) is 11.3 Å². The van der Waals surface area contributed by atoms with Gasteiger partial charge in [0.05, 0.1) is 13.2 Å². The zero-order valence-electron chi connectivity index (χ0n) is 14.9. The van der Waals surface area contributed by atoms with Crippen molar-refractivity contribution in [3.63, 3.8) is 0 Å². The first-order chi connectivity index (χ1) is 12.2. The van der Waals surface area contributed by atoms with E-state index in [1.807, 2.05) is 6.20 Å². The minimum absolute atomic E-state index is 0.0661. The summed E-state index contributed by atoms with van der Waals surface area (Å²) in [6, 6.07) is 6.28. The van der Waals surface area contributed by atoms with Crippen molar-refractivity contribution in [1.82, 2.24) is 15.2 Å². The molecule has 1 aliphatic carbocycles. The van der Waals surface area contributed by atoms with Gasteiger partial charge < -0.3 is 15.0 Å². The van der Waals surface area contributed by atoms with Crippen LogP contribution >= 0.6 is 11.3 Å². The fourth-order valence-corrected chi connectivity index (χ4v) is 3.98. The normalized spacial score (nSPS) is 12.9. The number of nitrogens with one attached hydrogen (secondary N) is 1. The predicted octanol–water partition coefficient (Wildman–Crippen LogP) is 3.30. The van der Waals surface area contributed by atoms with Crippen molar-refractivity contribution in [2.45, 2.75) is 39.3 Å². The molecule has 0 aromatic carbocycles. The third-order valence-corrected chi connectivity index (χ3v) is 5.40. The summed E-state index contributed by atoms with van der Waals surface area (Å²) in [5.74, 6) is 0. The number of carbonyl (C=O) groups is 1. The lowest BCUT2D eigenvalue weighted by atomic mass is 10.1. The summed E-state index contributed by atoms with van der Waals surface area (Å²) < 4.78 is 5.15. The maximum atomic E-state index is 12.6. The molecule has 6 heteroatoms. The molecule has 25 heavy (non-hydrogen) atoms. The molecule has 1 aliphatic rings. The van der Waals surface area contributed by atoms with Crippen molar-refractivity contribution in [3.05, 3.63) is 51.0 Å². The second kappa shape index (κ2) is 8.45. The Hall–Kier alpha value is -1.92. The first kappa shape index (κ1) is 17.9. The molecule has 0 radical (unpaired) electrons. The summed E-state index contributed by atoms with van der Waals surface area (Å²) in [5.41, 5.74) is 3.61. The van der Waals surface area contributed by atoms with Crippen molar-refractivity contribution in [1.29, 1.82) is 0 Å². The van der Waals surface area contributed by atoms with E-state index < -0.39 is 0 Å². The summed E-state index contributed by atoms with van der Waals surface area (Å²) in [5, 5.41) is 3.02. The molecule has 5 nitrogen and oxygen atoms in total. The maximum Gasteiger partial charge on any atom is 0.318 e. The minimum atomic E-state index is -0.0661. The third kappa shape index (κ3) is 4.80. The van der Waals surface area contributed by atoms with Gasteiger partial charge in [0, 0.05) is 41.8 Å². The number of rotatable bonds is 7. The number of aryl methyl sites for hydroxylation is 3. The number of methoxy groups -OCH3 is 1. The molecule has 2 aromatic rings. The van der Waals surface area contributed by atoms with Crippen LogP contribution in [-0.2, 0) is 30.7 Å². The molecule has 0 bridgehead atoms. The Balaban J connectivity index is 1.59. The van der Waals surface area contributed by atoms with Gasteiger partial charge in [0.2, 0.25) is 0 Å². The number of hydrogen-bond donors (Lipinski definition) is 1. The largest absolute Gasteiger partial charge is 0.383 e. The second-order valence-electron chi connectivity index (χ2n) is 6.39. The number of hydrogen-bond acceptors (Lipinski definition) is 4. The van der Waals surface area contributed by atoms with Crippen LogP contribution in [0.1, 0.15) is 33.0 Å². The molecule has 0 saturated heterocycles. The smallest absolute Gasteiger partial charge is 0.318 e. The summed E-state index contributed by atoms with van der Waals surface area (Å²) in [6.07, 6.45) is 5.24. The predicted molar refractivity (Wildman–Crippen MR) is 99.8 cm³/mol. The van der Waals surface area contributed by atoms with Crippen LogP contribution in [-0.4, -0.2) is 36.2 Å². The summed E-state index contributed by atoms with van der Waals surface area (Å²) in [4.78, 5) is 21.4. The Morgan fingerprint density at radius 1 is 1.40 bits per heavy atom. The number of thiophene rings is 1. The van der Waals surface area contributed by atoms with Gasteiger partial charge in [0.1, 0.15) is 0 Å². The van der Waals surface area contributed by atoms with Crippen LogP contribution in [0.4, 0.5) is 4.79 Å². The molecule has 0 aliphatic heterocycles. The van der Waals surface area contributed by atoms with Crippen molar-refractivity contribution < 1.29 is 9.53 Å². The fourth-order valence-electron chi connectivity index (χ4n) is 3.07. The monoisotopic (exact) mass is 359 g/mol. The van der Waals surface area contributed by atoms with Gasteiger partial charge in [-0.3, -0.25) is 4.98 Å². The highest BCUT2D eigenvalue weighted by molar-refractivity contribution is 7.11. The van der Waals surface area contributed by atoms with Gasteiger partial charge in [0.25, 0.3) is 0 Å².